The molecule has 0 aliphatic carbocycles. The van der Waals surface area contributed by atoms with Gasteiger partial charge in [-0.25, -0.2) is 12.8 Å². The number of hydrogen-bond acceptors (Lipinski definition) is 4. The Kier molecular flexibility index (Phi) is 6.20. The second-order valence-corrected chi connectivity index (χ2v) is 7.54. The molecular weight excluding hydrogens is 359 g/mol. The van der Waals surface area contributed by atoms with Gasteiger partial charge in [-0.2, -0.15) is 0 Å². The van der Waals surface area contributed by atoms with Gasteiger partial charge in [-0.3, -0.25) is 9.10 Å². The highest BCUT2D eigenvalue weighted by Crippen LogP contribution is 2.24. The number of benzene rings is 2. The average molecular weight is 380 g/mol. The maximum atomic E-state index is 13.2. The van der Waals surface area contributed by atoms with E-state index in [-0.39, 0.29) is 12.1 Å². The van der Waals surface area contributed by atoms with Gasteiger partial charge in [-0.1, -0.05) is 13.0 Å². The normalized spacial score (nSPS) is 12.3. The van der Waals surface area contributed by atoms with Gasteiger partial charge in [0.05, 0.1) is 19.1 Å². The summed E-state index contributed by atoms with van der Waals surface area (Å²) in [6.07, 6.45) is 1.25. The van der Waals surface area contributed by atoms with E-state index in [4.69, 9.17) is 4.74 Å². The van der Waals surface area contributed by atoms with Crippen LogP contribution in [0.2, 0.25) is 0 Å². The van der Waals surface area contributed by atoms with Crippen LogP contribution in [0.1, 0.15) is 13.3 Å². The first-order valence-corrected chi connectivity index (χ1v) is 9.81. The molecule has 0 radical (unpaired) electrons. The Balaban J connectivity index is 2.34. The first kappa shape index (κ1) is 19.7. The number of sulfonamides is 1. The van der Waals surface area contributed by atoms with Crippen molar-refractivity contribution in [3.05, 3.63) is 54.3 Å². The largest absolute Gasteiger partial charge is 0.497 e. The van der Waals surface area contributed by atoms with Gasteiger partial charge >= 0.3 is 0 Å². The van der Waals surface area contributed by atoms with Crippen LogP contribution in [0.5, 0.6) is 5.75 Å². The summed E-state index contributed by atoms with van der Waals surface area (Å²) in [6, 6.07) is 10.7. The van der Waals surface area contributed by atoms with E-state index in [1.165, 1.54) is 19.2 Å². The summed E-state index contributed by atoms with van der Waals surface area (Å²) in [6.45, 7) is 1.71. The Morgan fingerprint density at radius 2 is 1.88 bits per heavy atom. The van der Waals surface area contributed by atoms with Gasteiger partial charge in [0.1, 0.15) is 17.6 Å². The summed E-state index contributed by atoms with van der Waals surface area (Å²) in [4.78, 5) is 12.7. The summed E-state index contributed by atoms with van der Waals surface area (Å²) < 4.78 is 43.9. The second kappa shape index (κ2) is 8.18. The van der Waals surface area contributed by atoms with E-state index < -0.39 is 27.8 Å². The molecule has 26 heavy (non-hydrogen) atoms. The number of amides is 1. The predicted octanol–water partition coefficient (Wildman–Crippen LogP) is 3.02. The highest BCUT2D eigenvalue weighted by Gasteiger charge is 2.31. The molecule has 0 bridgehead atoms. The van der Waals surface area contributed by atoms with E-state index in [0.717, 1.165) is 22.7 Å². The van der Waals surface area contributed by atoms with Gasteiger partial charge in [0, 0.05) is 11.8 Å². The fraction of sp³-hybridized carbons (Fsp3) is 0.278. The number of nitrogens with one attached hydrogen (secondary N) is 1. The minimum atomic E-state index is -3.77. The van der Waals surface area contributed by atoms with Crippen molar-refractivity contribution in [3.63, 3.8) is 0 Å². The molecule has 1 unspecified atom stereocenters. The molecule has 0 aliphatic heterocycles. The Morgan fingerprint density at radius 3 is 2.42 bits per heavy atom. The molecule has 0 saturated heterocycles. The molecule has 2 aromatic rings. The number of carbonyl (C=O) groups excluding carboxylic acids is 1. The summed E-state index contributed by atoms with van der Waals surface area (Å²) in [7, 11) is -2.26. The number of nitrogens with zero attached hydrogens (tertiary/aromatic N) is 1. The SMILES string of the molecule is CCC(C(=O)Nc1cccc(OC)c1)N(c1ccc(F)cc1)S(C)(=O)=O. The zero-order valence-electron chi connectivity index (χ0n) is 14.8. The van der Waals surface area contributed by atoms with Crippen LogP contribution in [-0.4, -0.2) is 33.7 Å². The zero-order chi connectivity index (χ0) is 19.3. The summed E-state index contributed by atoms with van der Waals surface area (Å²) in [5, 5.41) is 2.70. The monoisotopic (exact) mass is 380 g/mol. The molecule has 0 fully saturated rings. The number of methoxy groups -OCH3 is 1. The molecule has 8 heteroatoms. The van der Waals surface area contributed by atoms with E-state index in [9.17, 15) is 17.6 Å². The fourth-order valence-electron chi connectivity index (χ4n) is 2.57. The molecule has 2 aromatic carbocycles. The molecule has 6 nitrogen and oxygen atoms in total. The number of halogens is 1. The first-order chi connectivity index (χ1) is 12.3. The molecule has 1 N–H and O–H groups in total. The van der Waals surface area contributed by atoms with Crippen LogP contribution in [0.15, 0.2) is 48.5 Å². The van der Waals surface area contributed by atoms with Crippen LogP contribution >= 0.6 is 0 Å². The van der Waals surface area contributed by atoms with E-state index in [2.05, 4.69) is 5.32 Å². The van der Waals surface area contributed by atoms with Gasteiger partial charge < -0.3 is 10.1 Å². The summed E-state index contributed by atoms with van der Waals surface area (Å²) >= 11 is 0. The van der Waals surface area contributed by atoms with Crippen molar-refractivity contribution < 1.29 is 22.3 Å². The van der Waals surface area contributed by atoms with Crippen molar-refractivity contribution in [3.8, 4) is 5.75 Å². The number of ether oxygens (including phenoxy) is 1. The highest BCUT2D eigenvalue weighted by atomic mass is 32.2. The molecule has 0 aromatic heterocycles. The lowest BCUT2D eigenvalue weighted by Crippen LogP contribution is -2.47. The third kappa shape index (κ3) is 4.72. The lowest BCUT2D eigenvalue weighted by atomic mass is 10.1. The van der Waals surface area contributed by atoms with Gasteiger partial charge in [0.25, 0.3) is 0 Å². The Labute approximate surface area is 152 Å². The molecule has 1 atom stereocenters. The van der Waals surface area contributed by atoms with Crippen LogP contribution in [0.25, 0.3) is 0 Å². The average Bonchev–Trinajstić information content (AvgIpc) is 2.59. The van der Waals surface area contributed by atoms with E-state index >= 15 is 0 Å². The quantitative estimate of drug-likeness (QED) is 0.801. The predicted molar refractivity (Wildman–Crippen MR) is 99.4 cm³/mol. The van der Waals surface area contributed by atoms with Crippen molar-refractivity contribution >= 4 is 27.3 Å². The second-order valence-electron chi connectivity index (χ2n) is 5.68. The van der Waals surface area contributed by atoms with Crippen LogP contribution in [0, 0.1) is 5.82 Å². The van der Waals surface area contributed by atoms with Crippen LogP contribution in [0.3, 0.4) is 0 Å². The topological polar surface area (TPSA) is 75.7 Å². The van der Waals surface area contributed by atoms with E-state index in [0.29, 0.717) is 11.4 Å². The maximum absolute atomic E-state index is 13.2. The summed E-state index contributed by atoms with van der Waals surface area (Å²) in [5.74, 6) is -0.416. The molecule has 0 spiro atoms. The first-order valence-electron chi connectivity index (χ1n) is 7.96. The fourth-order valence-corrected chi connectivity index (χ4v) is 3.79. The zero-order valence-corrected chi connectivity index (χ0v) is 15.6. The Hall–Kier alpha value is -2.61. The molecule has 1 amide bonds. The molecule has 0 saturated carbocycles. The van der Waals surface area contributed by atoms with Crippen molar-refractivity contribution in [1.29, 1.82) is 0 Å². The number of carbonyl (C=O) groups is 1. The molecule has 140 valence electrons. The molecule has 2 rings (SSSR count). The lowest BCUT2D eigenvalue weighted by Gasteiger charge is -2.30. The molecule has 0 aliphatic rings. The van der Waals surface area contributed by atoms with E-state index in [1.807, 2.05) is 0 Å². The third-order valence-electron chi connectivity index (χ3n) is 3.75. The lowest BCUT2D eigenvalue weighted by molar-refractivity contribution is -0.117. The molecular formula is C18H21FN2O4S. The van der Waals surface area contributed by atoms with E-state index in [1.54, 1.807) is 31.2 Å². The highest BCUT2D eigenvalue weighted by molar-refractivity contribution is 7.92. The Morgan fingerprint density at radius 1 is 1.23 bits per heavy atom. The smallest absolute Gasteiger partial charge is 0.248 e. The van der Waals surface area contributed by atoms with Crippen molar-refractivity contribution in [1.82, 2.24) is 0 Å². The maximum Gasteiger partial charge on any atom is 0.248 e. The molecule has 0 heterocycles. The Bertz CT molecular complexity index is 869. The van der Waals surface area contributed by atoms with Crippen LogP contribution in [-0.2, 0) is 14.8 Å². The minimum absolute atomic E-state index is 0.224. The number of rotatable bonds is 7. The number of hydrogen-bond donors (Lipinski definition) is 1. The minimum Gasteiger partial charge on any atom is -0.497 e. The van der Waals surface area contributed by atoms with Crippen LogP contribution in [0.4, 0.5) is 15.8 Å². The van der Waals surface area contributed by atoms with Crippen molar-refractivity contribution in [2.45, 2.75) is 19.4 Å². The van der Waals surface area contributed by atoms with Gasteiger partial charge in [0.2, 0.25) is 15.9 Å². The van der Waals surface area contributed by atoms with Gasteiger partial charge in [-0.15, -0.1) is 0 Å². The standard InChI is InChI=1S/C18H21FN2O4S/c1-4-17(18(22)20-14-6-5-7-16(12-14)25-2)21(26(3,23)24)15-10-8-13(19)9-11-15/h5-12,17H,4H2,1-3H3,(H,20,22). The summed E-state index contributed by atoms with van der Waals surface area (Å²) in [5.41, 5.74) is 0.710. The van der Waals surface area contributed by atoms with Crippen molar-refractivity contribution in [2.75, 3.05) is 23.0 Å². The van der Waals surface area contributed by atoms with Gasteiger partial charge in [0.15, 0.2) is 0 Å². The number of anilines is 2. The van der Waals surface area contributed by atoms with Crippen molar-refractivity contribution in [2.24, 2.45) is 0 Å². The third-order valence-corrected chi connectivity index (χ3v) is 4.93. The van der Waals surface area contributed by atoms with Crippen LogP contribution < -0.4 is 14.4 Å². The van der Waals surface area contributed by atoms with Gasteiger partial charge in [-0.05, 0) is 42.8 Å².